The van der Waals surface area contributed by atoms with Crippen LogP contribution in [0.5, 0.6) is 0 Å². The lowest BCUT2D eigenvalue weighted by Gasteiger charge is -2.19. The Morgan fingerprint density at radius 1 is 1.03 bits per heavy atom. The Kier molecular flexibility index (Phi) is 5.35. The fourth-order valence-electron chi connectivity index (χ4n) is 3.75. The van der Waals surface area contributed by atoms with Crippen LogP contribution in [-0.2, 0) is 0 Å². The van der Waals surface area contributed by atoms with Crippen molar-refractivity contribution in [3.8, 4) is 11.3 Å². The number of halogens is 1. The minimum atomic E-state index is -0.108. The number of nitrogens with zero attached hydrogens (tertiary/aromatic N) is 1. The smallest absolute Gasteiger partial charge is 0.196 e. The van der Waals surface area contributed by atoms with E-state index in [0.717, 1.165) is 28.1 Å². The number of nitrogens with one attached hydrogen (secondary N) is 1. The molecule has 0 aliphatic rings. The average molecular weight is 419 g/mol. The SMILES string of the molecule is Cc1cc(C(C)Nc2ccc(Cl)nc2C)c2oc(-c3ccccc3)c(C)c(=O)c2c1. The molecule has 2 aromatic heterocycles. The molecule has 4 nitrogen and oxygen atoms in total. The van der Waals surface area contributed by atoms with Gasteiger partial charge in [0.05, 0.1) is 22.8 Å². The molecule has 5 heteroatoms. The minimum absolute atomic E-state index is 0.00315. The number of hydrogen-bond acceptors (Lipinski definition) is 4. The van der Waals surface area contributed by atoms with Gasteiger partial charge in [0, 0.05) is 16.7 Å². The molecule has 0 aliphatic heterocycles. The van der Waals surface area contributed by atoms with E-state index >= 15 is 0 Å². The summed E-state index contributed by atoms with van der Waals surface area (Å²) in [6.45, 7) is 7.77. The van der Waals surface area contributed by atoms with Crippen molar-refractivity contribution in [1.82, 2.24) is 4.98 Å². The van der Waals surface area contributed by atoms with Gasteiger partial charge in [-0.3, -0.25) is 4.79 Å². The highest BCUT2D eigenvalue weighted by Crippen LogP contribution is 2.32. The zero-order chi connectivity index (χ0) is 21.4. The topological polar surface area (TPSA) is 55.1 Å². The maximum absolute atomic E-state index is 13.2. The highest BCUT2D eigenvalue weighted by molar-refractivity contribution is 6.29. The highest BCUT2D eigenvalue weighted by atomic mass is 35.5. The lowest BCUT2D eigenvalue weighted by atomic mass is 9.99. The van der Waals surface area contributed by atoms with Crippen molar-refractivity contribution in [3.63, 3.8) is 0 Å². The highest BCUT2D eigenvalue weighted by Gasteiger charge is 2.19. The van der Waals surface area contributed by atoms with Crippen LogP contribution in [0, 0.1) is 20.8 Å². The van der Waals surface area contributed by atoms with Gasteiger partial charge in [0.25, 0.3) is 0 Å². The molecule has 0 amide bonds. The molecule has 0 saturated heterocycles. The van der Waals surface area contributed by atoms with Gasteiger partial charge in [-0.15, -0.1) is 0 Å². The number of hydrogen-bond donors (Lipinski definition) is 1. The van der Waals surface area contributed by atoms with Crippen molar-refractivity contribution in [1.29, 1.82) is 0 Å². The Labute approximate surface area is 180 Å². The molecular weight excluding hydrogens is 396 g/mol. The summed E-state index contributed by atoms with van der Waals surface area (Å²) in [5.74, 6) is 0.606. The normalized spacial score (nSPS) is 12.2. The molecule has 1 N–H and O–H groups in total. The monoisotopic (exact) mass is 418 g/mol. The molecule has 152 valence electrons. The third kappa shape index (κ3) is 3.71. The maximum atomic E-state index is 13.2. The van der Waals surface area contributed by atoms with Gasteiger partial charge in [-0.05, 0) is 51.5 Å². The van der Waals surface area contributed by atoms with Gasteiger partial charge in [0.15, 0.2) is 5.43 Å². The molecule has 4 rings (SSSR count). The molecular formula is C25H23ClN2O2. The van der Waals surface area contributed by atoms with E-state index in [1.807, 2.05) is 70.2 Å². The number of fused-ring (bicyclic) bond motifs is 1. The summed E-state index contributed by atoms with van der Waals surface area (Å²) in [6, 6.07) is 17.3. The Morgan fingerprint density at radius 2 is 1.77 bits per heavy atom. The molecule has 0 spiro atoms. The zero-order valence-electron chi connectivity index (χ0n) is 17.4. The van der Waals surface area contributed by atoms with E-state index in [0.29, 0.717) is 27.4 Å². The van der Waals surface area contributed by atoms with Crippen LogP contribution in [0.1, 0.15) is 35.3 Å². The van der Waals surface area contributed by atoms with E-state index in [9.17, 15) is 4.79 Å². The summed E-state index contributed by atoms with van der Waals surface area (Å²) in [7, 11) is 0. The Balaban J connectivity index is 1.89. The van der Waals surface area contributed by atoms with Gasteiger partial charge in [-0.25, -0.2) is 4.98 Å². The van der Waals surface area contributed by atoms with E-state index in [1.54, 1.807) is 6.07 Å². The molecule has 1 unspecified atom stereocenters. The predicted octanol–water partition coefficient (Wildman–Crippen LogP) is 6.61. The van der Waals surface area contributed by atoms with Gasteiger partial charge in [-0.2, -0.15) is 0 Å². The van der Waals surface area contributed by atoms with Crippen molar-refractivity contribution in [2.45, 2.75) is 33.7 Å². The number of pyridine rings is 1. The molecule has 0 radical (unpaired) electrons. The summed E-state index contributed by atoms with van der Waals surface area (Å²) < 4.78 is 6.38. The summed E-state index contributed by atoms with van der Waals surface area (Å²) >= 11 is 5.99. The van der Waals surface area contributed by atoms with Crippen LogP contribution in [0.25, 0.3) is 22.3 Å². The van der Waals surface area contributed by atoms with E-state index in [2.05, 4.69) is 16.4 Å². The summed E-state index contributed by atoms with van der Waals surface area (Å²) in [4.78, 5) is 17.5. The standard InChI is InChI=1S/C25H23ClN2O2/c1-14-12-19(16(3)27-21-10-11-22(26)28-17(21)4)25-20(13-14)23(29)15(2)24(30-25)18-8-6-5-7-9-18/h5-13,16,27H,1-4H3. The first-order valence-corrected chi connectivity index (χ1v) is 10.3. The molecule has 0 fully saturated rings. The van der Waals surface area contributed by atoms with Crippen molar-refractivity contribution in [3.05, 3.63) is 92.4 Å². The second kappa shape index (κ2) is 7.96. The third-order valence-corrected chi connectivity index (χ3v) is 5.53. The van der Waals surface area contributed by atoms with Crippen LogP contribution in [-0.4, -0.2) is 4.98 Å². The van der Waals surface area contributed by atoms with Crippen LogP contribution in [0.3, 0.4) is 0 Å². The van der Waals surface area contributed by atoms with E-state index in [1.165, 1.54) is 0 Å². The number of rotatable bonds is 4. The van der Waals surface area contributed by atoms with Crippen LogP contribution in [0.2, 0.25) is 5.15 Å². The van der Waals surface area contributed by atoms with Crippen LogP contribution < -0.4 is 10.7 Å². The second-order valence-corrected chi connectivity index (χ2v) is 8.00. The maximum Gasteiger partial charge on any atom is 0.196 e. The van der Waals surface area contributed by atoms with Crippen LogP contribution in [0.4, 0.5) is 5.69 Å². The van der Waals surface area contributed by atoms with Crippen molar-refractivity contribution in [2.24, 2.45) is 0 Å². The lowest BCUT2D eigenvalue weighted by Crippen LogP contribution is -2.13. The molecule has 2 aromatic carbocycles. The van der Waals surface area contributed by atoms with Gasteiger partial charge in [-0.1, -0.05) is 48.0 Å². The van der Waals surface area contributed by atoms with Crippen LogP contribution in [0.15, 0.2) is 63.8 Å². The van der Waals surface area contributed by atoms with Gasteiger partial charge >= 0.3 is 0 Å². The van der Waals surface area contributed by atoms with Gasteiger partial charge in [0.2, 0.25) is 0 Å². The first-order chi connectivity index (χ1) is 14.3. The Bertz CT molecular complexity index is 1300. The molecule has 0 aliphatic carbocycles. The van der Waals surface area contributed by atoms with E-state index in [4.69, 9.17) is 16.0 Å². The quantitative estimate of drug-likeness (QED) is 0.379. The number of anilines is 1. The predicted molar refractivity (Wildman–Crippen MR) is 123 cm³/mol. The molecule has 0 bridgehead atoms. The second-order valence-electron chi connectivity index (χ2n) is 7.62. The Morgan fingerprint density at radius 3 is 2.47 bits per heavy atom. The average Bonchev–Trinajstić information content (AvgIpc) is 2.73. The summed E-state index contributed by atoms with van der Waals surface area (Å²) in [5.41, 5.74) is 5.74. The van der Waals surface area contributed by atoms with Gasteiger partial charge in [0.1, 0.15) is 16.5 Å². The number of aromatic nitrogens is 1. The van der Waals surface area contributed by atoms with Crippen molar-refractivity contribution >= 4 is 28.3 Å². The lowest BCUT2D eigenvalue weighted by molar-refractivity contribution is 0.605. The fourth-order valence-corrected chi connectivity index (χ4v) is 3.94. The number of aryl methyl sites for hydroxylation is 2. The first-order valence-electron chi connectivity index (χ1n) is 9.88. The Hall–Kier alpha value is -3.11. The fraction of sp³-hybridized carbons (Fsp3) is 0.200. The van der Waals surface area contributed by atoms with Crippen molar-refractivity contribution in [2.75, 3.05) is 5.32 Å². The molecule has 1 atom stereocenters. The zero-order valence-corrected chi connectivity index (χ0v) is 18.2. The van der Waals surface area contributed by atoms with Crippen LogP contribution >= 0.6 is 11.6 Å². The van der Waals surface area contributed by atoms with Crippen molar-refractivity contribution < 1.29 is 4.42 Å². The summed E-state index contributed by atoms with van der Waals surface area (Å²) in [6.07, 6.45) is 0. The molecule has 30 heavy (non-hydrogen) atoms. The minimum Gasteiger partial charge on any atom is -0.455 e. The third-order valence-electron chi connectivity index (χ3n) is 5.32. The van der Waals surface area contributed by atoms with E-state index < -0.39 is 0 Å². The molecule has 4 aromatic rings. The van der Waals surface area contributed by atoms with E-state index in [-0.39, 0.29) is 11.5 Å². The molecule has 0 saturated carbocycles. The first kappa shape index (κ1) is 20.2. The number of benzene rings is 2. The summed E-state index contributed by atoms with van der Waals surface area (Å²) in [5, 5.41) is 4.54. The van der Waals surface area contributed by atoms with Gasteiger partial charge < -0.3 is 9.73 Å². The molecule has 2 heterocycles. The largest absolute Gasteiger partial charge is 0.455 e.